The lowest BCUT2D eigenvalue weighted by atomic mass is 10.2. The summed E-state index contributed by atoms with van der Waals surface area (Å²) in [6, 6.07) is 12.4. The molecule has 0 fully saturated rings. The molecule has 0 N–H and O–H groups in total. The summed E-state index contributed by atoms with van der Waals surface area (Å²) in [6.07, 6.45) is 8.93. The number of imidazole rings is 1. The van der Waals surface area contributed by atoms with Crippen LogP contribution in [0.5, 0.6) is 0 Å². The quantitative estimate of drug-likeness (QED) is 0.549. The van der Waals surface area contributed by atoms with Crippen molar-refractivity contribution in [2.75, 3.05) is 0 Å². The number of hydrogen-bond donors (Lipinski definition) is 0. The van der Waals surface area contributed by atoms with Gasteiger partial charge >= 0.3 is 0 Å². The van der Waals surface area contributed by atoms with E-state index in [1.165, 1.54) is 11.1 Å². The summed E-state index contributed by atoms with van der Waals surface area (Å²) >= 11 is 0. The van der Waals surface area contributed by atoms with Gasteiger partial charge in [-0.2, -0.15) is 0 Å². The van der Waals surface area contributed by atoms with E-state index in [-0.39, 0.29) is 0 Å². The Hall–Kier alpha value is -2.75. The molecule has 120 valence electrons. The highest BCUT2D eigenvalue weighted by Gasteiger charge is 2.14. The summed E-state index contributed by atoms with van der Waals surface area (Å²) in [7, 11) is 0. The van der Waals surface area contributed by atoms with Crippen LogP contribution in [0.4, 0.5) is 0 Å². The van der Waals surface area contributed by atoms with Gasteiger partial charge in [0.2, 0.25) is 0 Å². The topological polar surface area (TPSA) is 43.6 Å². The standard InChI is InChI=1S/C20H20N4/c1-2-3-10-19-23-18-13-22-17-9-5-4-8-16(17)20(18)24(19)14-15-7-6-11-21-12-15/h4-9,11-13H,2-3,10,14H2,1H3. The lowest BCUT2D eigenvalue weighted by molar-refractivity contribution is 0.689. The molecule has 4 rings (SSSR count). The van der Waals surface area contributed by atoms with Gasteiger partial charge in [0, 0.05) is 24.2 Å². The molecule has 0 spiro atoms. The second kappa shape index (κ2) is 6.40. The summed E-state index contributed by atoms with van der Waals surface area (Å²) in [5.41, 5.74) is 4.36. The Morgan fingerprint density at radius 2 is 1.92 bits per heavy atom. The van der Waals surface area contributed by atoms with Crippen LogP contribution in [0.15, 0.2) is 55.0 Å². The molecular weight excluding hydrogens is 296 g/mol. The molecular formula is C20H20N4. The Balaban J connectivity index is 1.93. The monoisotopic (exact) mass is 316 g/mol. The zero-order valence-corrected chi connectivity index (χ0v) is 13.8. The molecule has 3 heterocycles. The third-order valence-electron chi connectivity index (χ3n) is 4.38. The summed E-state index contributed by atoms with van der Waals surface area (Å²) in [6.45, 7) is 3.00. The maximum Gasteiger partial charge on any atom is 0.110 e. The van der Waals surface area contributed by atoms with E-state index < -0.39 is 0 Å². The van der Waals surface area contributed by atoms with Crippen LogP contribution < -0.4 is 0 Å². The average Bonchev–Trinajstić information content (AvgIpc) is 2.99. The molecule has 0 bridgehead atoms. The molecule has 24 heavy (non-hydrogen) atoms. The molecule has 4 aromatic rings. The Morgan fingerprint density at radius 3 is 2.75 bits per heavy atom. The molecule has 4 nitrogen and oxygen atoms in total. The average molecular weight is 316 g/mol. The van der Waals surface area contributed by atoms with Crippen LogP contribution in [0.1, 0.15) is 31.2 Å². The van der Waals surface area contributed by atoms with Crippen LogP contribution in [0.3, 0.4) is 0 Å². The number of para-hydroxylation sites is 1. The number of pyridine rings is 2. The first-order chi connectivity index (χ1) is 11.9. The van der Waals surface area contributed by atoms with Crippen molar-refractivity contribution in [3.63, 3.8) is 0 Å². The van der Waals surface area contributed by atoms with Crippen molar-refractivity contribution >= 4 is 21.9 Å². The van der Waals surface area contributed by atoms with E-state index in [4.69, 9.17) is 4.98 Å². The minimum absolute atomic E-state index is 0.789. The summed E-state index contributed by atoms with van der Waals surface area (Å²) < 4.78 is 2.34. The fraction of sp³-hybridized carbons (Fsp3) is 0.250. The lowest BCUT2D eigenvalue weighted by Crippen LogP contribution is -2.06. The highest BCUT2D eigenvalue weighted by molar-refractivity contribution is 6.02. The predicted molar refractivity (Wildman–Crippen MR) is 97.0 cm³/mol. The van der Waals surface area contributed by atoms with Gasteiger partial charge in [0.1, 0.15) is 11.3 Å². The normalized spacial score (nSPS) is 11.4. The van der Waals surface area contributed by atoms with Gasteiger partial charge in [-0.3, -0.25) is 9.97 Å². The predicted octanol–water partition coefficient (Wildman–Crippen LogP) is 4.37. The van der Waals surface area contributed by atoms with E-state index in [2.05, 4.69) is 45.7 Å². The molecule has 0 aliphatic carbocycles. The SMILES string of the molecule is CCCCc1nc2cnc3ccccc3c2n1Cc1cccnc1. The van der Waals surface area contributed by atoms with E-state index in [1.54, 1.807) is 0 Å². The minimum Gasteiger partial charge on any atom is -0.323 e. The number of unbranched alkanes of at least 4 members (excludes halogenated alkanes) is 1. The number of hydrogen-bond acceptors (Lipinski definition) is 3. The molecule has 0 saturated heterocycles. The van der Waals surface area contributed by atoms with E-state index in [9.17, 15) is 0 Å². The molecule has 3 aromatic heterocycles. The number of aryl methyl sites for hydroxylation is 1. The molecule has 1 aromatic carbocycles. The first-order valence-electron chi connectivity index (χ1n) is 8.48. The van der Waals surface area contributed by atoms with E-state index >= 15 is 0 Å². The van der Waals surface area contributed by atoms with Crippen LogP contribution in [-0.4, -0.2) is 19.5 Å². The van der Waals surface area contributed by atoms with E-state index in [0.717, 1.165) is 48.1 Å². The van der Waals surface area contributed by atoms with Crippen molar-refractivity contribution < 1.29 is 0 Å². The zero-order chi connectivity index (χ0) is 16.4. The fourth-order valence-electron chi connectivity index (χ4n) is 3.18. The molecule has 0 radical (unpaired) electrons. The van der Waals surface area contributed by atoms with Crippen LogP contribution in [0.25, 0.3) is 21.9 Å². The van der Waals surface area contributed by atoms with Gasteiger partial charge in [0.05, 0.1) is 23.8 Å². The number of rotatable bonds is 5. The number of aromatic nitrogens is 4. The minimum atomic E-state index is 0.789. The second-order valence-corrected chi connectivity index (χ2v) is 6.09. The third-order valence-corrected chi connectivity index (χ3v) is 4.38. The number of nitrogens with zero attached hydrogens (tertiary/aromatic N) is 4. The van der Waals surface area contributed by atoms with Crippen molar-refractivity contribution in [2.45, 2.75) is 32.7 Å². The molecule has 4 heteroatoms. The molecule has 0 amide bonds. The van der Waals surface area contributed by atoms with Gasteiger partial charge in [-0.05, 0) is 24.1 Å². The highest BCUT2D eigenvalue weighted by atomic mass is 15.1. The first kappa shape index (κ1) is 14.8. The summed E-state index contributed by atoms with van der Waals surface area (Å²) in [4.78, 5) is 13.7. The largest absolute Gasteiger partial charge is 0.323 e. The molecule has 0 saturated carbocycles. The van der Waals surface area contributed by atoms with Crippen LogP contribution in [-0.2, 0) is 13.0 Å². The Labute approximate surface area is 141 Å². The van der Waals surface area contributed by atoms with Crippen molar-refractivity contribution in [3.8, 4) is 0 Å². The molecule has 0 atom stereocenters. The Kier molecular flexibility index (Phi) is 3.95. The maximum absolute atomic E-state index is 4.88. The molecule has 0 unspecified atom stereocenters. The van der Waals surface area contributed by atoms with Crippen LogP contribution >= 0.6 is 0 Å². The number of fused-ring (bicyclic) bond motifs is 3. The Morgan fingerprint density at radius 1 is 1.00 bits per heavy atom. The van der Waals surface area contributed by atoms with Gasteiger partial charge in [-0.25, -0.2) is 4.98 Å². The maximum atomic E-state index is 4.88. The van der Waals surface area contributed by atoms with Gasteiger partial charge in [-0.15, -0.1) is 0 Å². The molecule has 0 aliphatic rings. The van der Waals surface area contributed by atoms with E-state index in [0.29, 0.717) is 0 Å². The van der Waals surface area contributed by atoms with Crippen molar-refractivity contribution in [1.82, 2.24) is 19.5 Å². The summed E-state index contributed by atoms with van der Waals surface area (Å²) in [5.74, 6) is 1.13. The smallest absolute Gasteiger partial charge is 0.110 e. The number of benzene rings is 1. The van der Waals surface area contributed by atoms with Crippen molar-refractivity contribution in [3.05, 3.63) is 66.4 Å². The zero-order valence-electron chi connectivity index (χ0n) is 13.8. The van der Waals surface area contributed by atoms with Crippen LogP contribution in [0.2, 0.25) is 0 Å². The van der Waals surface area contributed by atoms with Crippen molar-refractivity contribution in [1.29, 1.82) is 0 Å². The second-order valence-electron chi connectivity index (χ2n) is 6.09. The fourth-order valence-corrected chi connectivity index (χ4v) is 3.18. The van der Waals surface area contributed by atoms with Gasteiger partial charge < -0.3 is 4.57 Å². The van der Waals surface area contributed by atoms with Gasteiger partial charge in [0.15, 0.2) is 0 Å². The van der Waals surface area contributed by atoms with Crippen LogP contribution in [0, 0.1) is 0 Å². The highest BCUT2D eigenvalue weighted by Crippen LogP contribution is 2.26. The van der Waals surface area contributed by atoms with Gasteiger partial charge in [0.25, 0.3) is 0 Å². The summed E-state index contributed by atoms with van der Waals surface area (Å²) in [5, 5.41) is 1.16. The Bertz CT molecular complexity index is 973. The van der Waals surface area contributed by atoms with Crippen molar-refractivity contribution in [2.24, 2.45) is 0 Å². The third kappa shape index (κ3) is 2.64. The van der Waals surface area contributed by atoms with E-state index in [1.807, 2.05) is 30.7 Å². The first-order valence-corrected chi connectivity index (χ1v) is 8.48. The lowest BCUT2D eigenvalue weighted by Gasteiger charge is -2.10. The molecule has 0 aliphatic heterocycles. The van der Waals surface area contributed by atoms with Gasteiger partial charge in [-0.1, -0.05) is 37.6 Å².